The van der Waals surface area contributed by atoms with Crippen molar-refractivity contribution >= 4 is 17.3 Å². The van der Waals surface area contributed by atoms with Gasteiger partial charge in [-0.1, -0.05) is 12.1 Å². The van der Waals surface area contributed by atoms with E-state index in [1.807, 2.05) is 0 Å². The van der Waals surface area contributed by atoms with E-state index in [-0.39, 0.29) is 37.0 Å². The predicted molar refractivity (Wildman–Crippen MR) is 133 cm³/mol. The molecule has 3 heterocycles. The van der Waals surface area contributed by atoms with Crippen molar-refractivity contribution in [3.8, 4) is 17.3 Å². The van der Waals surface area contributed by atoms with Crippen molar-refractivity contribution in [2.45, 2.75) is 31.4 Å². The van der Waals surface area contributed by atoms with Crippen LogP contribution in [0.5, 0.6) is 5.75 Å². The minimum atomic E-state index is -4.47. The third-order valence-electron chi connectivity index (χ3n) is 6.23. The van der Waals surface area contributed by atoms with E-state index in [0.717, 1.165) is 17.7 Å². The lowest BCUT2D eigenvalue weighted by Crippen LogP contribution is -2.35. The van der Waals surface area contributed by atoms with Gasteiger partial charge in [0, 0.05) is 29.1 Å². The number of likely N-dealkylation sites (tertiary alicyclic amines) is 1. The number of alkyl halides is 3. The fourth-order valence-electron chi connectivity index (χ4n) is 4.15. The van der Waals surface area contributed by atoms with Crippen molar-refractivity contribution in [2.24, 2.45) is 0 Å². The van der Waals surface area contributed by atoms with Gasteiger partial charge in [-0.25, -0.2) is 4.98 Å². The second kappa shape index (κ2) is 9.81. The van der Waals surface area contributed by atoms with Gasteiger partial charge in [0.1, 0.15) is 11.2 Å². The van der Waals surface area contributed by atoms with Gasteiger partial charge in [-0.2, -0.15) is 13.2 Å². The average molecular weight is 527 g/mol. The van der Waals surface area contributed by atoms with E-state index in [1.165, 1.54) is 23.2 Å². The fourth-order valence-corrected chi connectivity index (χ4v) is 4.15. The van der Waals surface area contributed by atoms with Gasteiger partial charge in [-0.05, 0) is 67.4 Å². The summed E-state index contributed by atoms with van der Waals surface area (Å²) in [5.74, 6) is -0.521. The number of carbonyl (C=O) groups is 1. The number of ether oxygens (including phenoxy) is 1. The second-order valence-corrected chi connectivity index (χ2v) is 8.74. The Balaban J connectivity index is 1.43. The molecule has 0 radical (unpaired) electrons. The van der Waals surface area contributed by atoms with E-state index in [1.54, 1.807) is 43.5 Å². The van der Waals surface area contributed by atoms with E-state index in [2.05, 4.69) is 20.5 Å². The molecule has 0 aliphatic carbocycles. The Morgan fingerprint density at radius 2 is 1.89 bits per heavy atom. The van der Waals surface area contributed by atoms with Crippen LogP contribution in [0.4, 0.5) is 24.5 Å². The van der Waals surface area contributed by atoms with Gasteiger partial charge < -0.3 is 19.4 Å². The molecule has 1 N–H and O–H groups in total. The molecule has 8 nitrogen and oxygen atoms in total. The van der Waals surface area contributed by atoms with E-state index in [9.17, 15) is 18.0 Å². The van der Waals surface area contributed by atoms with E-state index >= 15 is 0 Å². The zero-order chi connectivity index (χ0) is 29.4. The third kappa shape index (κ3) is 4.91. The molecule has 1 fully saturated rings. The lowest BCUT2D eigenvalue weighted by atomic mass is 9.89. The fraction of sp³-hybridized carbons (Fsp3) is 0.259. The van der Waals surface area contributed by atoms with E-state index in [0.29, 0.717) is 17.1 Å². The van der Waals surface area contributed by atoms with E-state index in [4.69, 9.17) is 13.3 Å². The maximum absolute atomic E-state index is 13.7. The maximum atomic E-state index is 13.7. The number of pyridine rings is 1. The molecule has 5 rings (SSSR count). The molecular weight excluding hydrogens is 499 g/mol. The molecule has 196 valence electrons. The summed E-state index contributed by atoms with van der Waals surface area (Å²) in [5.41, 5.74) is -1.27. The lowest BCUT2D eigenvalue weighted by molar-refractivity contribution is -0.137. The summed E-state index contributed by atoms with van der Waals surface area (Å²) in [5, 5.41) is 10.9. The highest BCUT2D eigenvalue weighted by Crippen LogP contribution is 2.38. The van der Waals surface area contributed by atoms with Crippen molar-refractivity contribution in [1.82, 2.24) is 20.1 Å². The van der Waals surface area contributed by atoms with Crippen LogP contribution in [0.3, 0.4) is 0 Å². The number of amides is 1. The number of halogens is 3. The smallest absolute Gasteiger partial charge is 0.416 e. The Morgan fingerprint density at radius 1 is 1.13 bits per heavy atom. The summed E-state index contributed by atoms with van der Waals surface area (Å²) in [4.78, 5) is 19.3. The van der Waals surface area contributed by atoms with Gasteiger partial charge in [0.25, 0.3) is 5.89 Å². The first-order valence-corrected chi connectivity index (χ1v) is 11.6. The standard InChI is InChI=1S/C27H24F3N5O3/c1-26(13-15-35(25(26)36)16-17-5-11-20(37-2)12-6-17)24-34-33-23(38-24)22-21(4-3-14-31-22)32-19-9-7-18(8-10-19)27(28,29)30/h3-12,14,32H,13,15-16H2,1-2H3/i1D3. The molecule has 11 heteroatoms. The number of rotatable bonds is 7. The van der Waals surface area contributed by atoms with Gasteiger partial charge in [0.2, 0.25) is 11.8 Å². The number of methoxy groups -OCH3 is 1. The van der Waals surface area contributed by atoms with Crippen LogP contribution in [0.2, 0.25) is 0 Å². The normalized spacial score (nSPS) is 19.1. The highest BCUT2D eigenvalue weighted by atomic mass is 19.4. The van der Waals surface area contributed by atoms with Crippen molar-refractivity contribution in [3.05, 3.63) is 83.9 Å². The summed E-state index contributed by atoms with van der Waals surface area (Å²) in [6.07, 6.45) is -3.11. The average Bonchev–Trinajstić information content (AvgIpc) is 3.55. The molecule has 1 aliphatic heterocycles. The second-order valence-electron chi connectivity index (χ2n) is 8.74. The number of benzene rings is 2. The van der Waals surface area contributed by atoms with Crippen molar-refractivity contribution in [3.63, 3.8) is 0 Å². The SMILES string of the molecule is [2H]C([2H])([2H])C1(c2nnc(-c3ncccc3Nc3ccc(C(F)(F)F)cc3)o2)CCN(Cc2ccc(OC)cc2)C1=O. The highest BCUT2D eigenvalue weighted by Gasteiger charge is 2.48. The molecule has 1 aliphatic rings. The van der Waals surface area contributed by atoms with Crippen LogP contribution < -0.4 is 10.1 Å². The van der Waals surface area contributed by atoms with Crippen LogP contribution in [0.1, 0.15) is 34.4 Å². The van der Waals surface area contributed by atoms with Crippen molar-refractivity contribution < 1.29 is 31.2 Å². The zero-order valence-corrected chi connectivity index (χ0v) is 20.1. The summed E-state index contributed by atoms with van der Waals surface area (Å²) in [7, 11) is 1.54. The molecule has 1 amide bonds. The topological polar surface area (TPSA) is 93.4 Å². The zero-order valence-electron chi connectivity index (χ0n) is 23.1. The number of hydrogen-bond donors (Lipinski definition) is 1. The van der Waals surface area contributed by atoms with Gasteiger partial charge in [0.05, 0.1) is 18.4 Å². The van der Waals surface area contributed by atoms with Gasteiger partial charge in [-0.3, -0.25) is 4.79 Å². The van der Waals surface area contributed by atoms with Crippen molar-refractivity contribution in [1.29, 1.82) is 0 Å². The van der Waals surface area contributed by atoms with Crippen LogP contribution in [0.15, 0.2) is 71.3 Å². The number of nitrogens with zero attached hydrogens (tertiary/aromatic N) is 4. The molecule has 1 unspecified atom stereocenters. The first kappa shape index (κ1) is 21.7. The van der Waals surface area contributed by atoms with Crippen molar-refractivity contribution in [2.75, 3.05) is 19.0 Å². The Bertz CT molecular complexity index is 1540. The number of aromatic nitrogens is 3. The van der Waals surface area contributed by atoms with Gasteiger partial charge in [0.15, 0.2) is 5.69 Å². The molecule has 2 aromatic heterocycles. The molecule has 0 spiro atoms. The van der Waals surface area contributed by atoms with E-state index < -0.39 is 29.9 Å². The summed E-state index contributed by atoms with van der Waals surface area (Å²) in [6.45, 7) is -2.46. The van der Waals surface area contributed by atoms with Gasteiger partial charge in [-0.15, -0.1) is 10.2 Å². The predicted octanol–water partition coefficient (Wildman–Crippen LogP) is 5.59. The Morgan fingerprint density at radius 3 is 2.58 bits per heavy atom. The molecule has 0 bridgehead atoms. The Hall–Kier alpha value is -4.41. The molecule has 2 aromatic carbocycles. The third-order valence-corrected chi connectivity index (χ3v) is 6.23. The monoisotopic (exact) mass is 526 g/mol. The van der Waals surface area contributed by atoms with Crippen LogP contribution >= 0.6 is 0 Å². The minimum Gasteiger partial charge on any atom is -0.497 e. The summed E-state index contributed by atoms with van der Waals surface area (Å²) < 4.78 is 74.6. The number of anilines is 2. The number of nitrogens with one attached hydrogen (secondary N) is 1. The first-order chi connectivity index (χ1) is 19.4. The number of carbonyl (C=O) groups excluding carboxylic acids is 1. The molecule has 0 saturated carbocycles. The molecule has 38 heavy (non-hydrogen) atoms. The highest BCUT2D eigenvalue weighted by molar-refractivity contribution is 5.89. The Kier molecular flexibility index (Phi) is 5.59. The quantitative estimate of drug-likeness (QED) is 0.335. The summed E-state index contributed by atoms with van der Waals surface area (Å²) >= 11 is 0. The first-order valence-electron chi connectivity index (χ1n) is 13.1. The van der Waals surface area contributed by atoms with Crippen LogP contribution in [-0.4, -0.2) is 39.6 Å². The summed E-state index contributed by atoms with van der Waals surface area (Å²) in [6, 6.07) is 14.7. The largest absolute Gasteiger partial charge is 0.497 e. The van der Waals surface area contributed by atoms with Crippen LogP contribution in [-0.2, 0) is 22.9 Å². The van der Waals surface area contributed by atoms with Gasteiger partial charge >= 0.3 is 6.18 Å². The molecule has 1 atom stereocenters. The minimum absolute atomic E-state index is 0.0704. The molecule has 4 aromatic rings. The Labute approximate surface area is 220 Å². The molecule has 1 saturated heterocycles. The number of hydrogen-bond acceptors (Lipinski definition) is 7. The lowest BCUT2D eigenvalue weighted by Gasteiger charge is -2.20. The molecular formula is C27H24F3N5O3. The van der Waals surface area contributed by atoms with Crippen LogP contribution in [0, 0.1) is 0 Å². The maximum Gasteiger partial charge on any atom is 0.416 e. The van der Waals surface area contributed by atoms with Crippen LogP contribution in [0.25, 0.3) is 11.6 Å².